The van der Waals surface area contributed by atoms with Gasteiger partial charge in [-0.15, -0.1) is 0 Å². The maximum absolute atomic E-state index is 14.5. The molecule has 1 saturated carbocycles. The molecular formula is C21H23F3. The standard InChI is InChI=1S/C21H23F3/c1-2-3-14-4-6-15(7-5-14)16-8-10-18(20(23)12-16)17-9-11-19(22)21(24)13-17/h8-15H,2-7H2,1H3. The molecule has 0 heterocycles. The molecule has 0 spiro atoms. The van der Waals surface area contributed by atoms with Crippen LogP contribution in [0.3, 0.4) is 0 Å². The van der Waals surface area contributed by atoms with Crippen molar-refractivity contribution in [1.29, 1.82) is 0 Å². The molecule has 0 aromatic heterocycles. The minimum atomic E-state index is -0.953. The molecule has 0 bridgehead atoms. The quantitative estimate of drug-likeness (QED) is 0.574. The van der Waals surface area contributed by atoms with E-state index in [0.717, 1.165) is 36.5 Å². The van der Waals surface area contributed by atoms with Crippen molar-refractivity contribution in [2.24, 2.45) is 5.92 Å². The summed E-state index contributed by atoms with van der Waals surface area (Å²) in [4.78, 5) is 0. The zero-order valence-corrected chi connectivity index (χ0v) is 14.0. The average molecular weight is 332 g/mol. The molecule has 0 saturated heterocycles. The second kappa shape index (κ2) is 7.42. The molecule has 2 aromatic rings. The van der Waals surface area contributed by atoms with Crippen LogP contribution in [-0.2, 0) is 0 Å². The molecule has 0 unspecified atom stereocenters. The Hall–Kier alpha value is -1.77. The van der Waals surface area contributed by atoms with Gasteiger partial charge in [0.05, 0.1) is 0 Å². The van der Waals surface area contributed by atoms with Crippen molar-refractivity contribution in [1.82, 2.24) is 0 Å². The molecule has 128 valence electrons. The Labute approximate surface area is 141 Å². The highest BCUT2D eigenvalue weighted by Gasteiger charge is 2.22. The number of hydrogen-bond acceptors (Lipinski definition) is 0. The first kappa shape index (κ1) is 17.1. The van der Waals surface area contributed by atoms with Gasteiger partial charge in [-0.2, -0.15) is 0 Å². The Morgan fingerprint density at radius 1 is 0.833 bits per heavy atom. The van der Waals surface area contributed by atoms with Crippen molar-refractivity contribution in [3.63, 3.8) is 0 Å². The maximum Gasteiger partial charge on any atom is 0.159 e. The summed E-state index contributed by atoms with van der Waals surface area (Å²) in [6, 6.07) is 8.68. The Morgan fingerprint density at radius 2 is 1.58 bits per heavy atom. The predicted octanol–water partition coefficient (Wildman–Crippen LogP) is 6.84. The van der Waals surface area contributed by atoms with Gasteiger partial charge in [-0.3, -0.25) is 0 Å². The highest BCUT2D eigenvalue weighted by molar-refractivity contribution is 5.64. The number of rotatable bonds is 4. The van der Waals surface area contributed by atoms with Gasteiger partial charge in [0.25, 0.3) is 0 Å². The molecule has 0 nitrogen and oxygen atoms in total. The largest absolute Gasteiger partial charge is 0.206 e. The number of benzene rings is 2. The zero-order chi connectivity index (χ0) is 17.1. The normalized spacial score (nSPS) is 21.0. The first-order valence-electron chi connectivity index (χ1n) is 8.83. The summed E-state index contributed by atoms with van der Waals surface area (Å²) in [7, 11) is 0. The van der Waals surface area contributed by atoms with E-state index in [9.17, 15) is 13.2 Å². The summed E-state index contributed by atoms with van der Waals surface area (Å²) in [5, 5.41) is 0. The maximum atomic E-state index is 14.5. The summed E-state index contributed by atoms with van der Waals surface area (Å²) in [6.45, 7) is 2.22. The van der Waals surface area contributed by atoms with Crippen molar-refractivity contribution in [3.05, 3.63) is 59.4 Å². The Balaban J connectivity index is 1.76. The van der Waals surface area contributed by atoms with Crippen LogP contribution in [0.15, 0.2) is 36.4 Å². The van der Waals surface area contributed by atoms with E-state index in [1.165, 1.54) is 31.7 Å². The van der Waals surface area contributed by atoms with E-state index in [4.69, 9.17) is 0 Å². The second-order valence-electron chi connectivity index (χ2n) is 6.87. The highest BCUT2D eigenvalue weighted by Crippen LogP contribution is 2.38. The SMILES string of the molecule is CCCC1CCC(c2ccc(-c3ccc(F)c(F)c3)c(F)c2)CC1. The minimum absolute atomic E-state index is 0.317. The van der Waals surface area contributed by atoms with Gasteiger partial charge < -0.3 is 0 Å². The fourth-order valence-electron chi connectivity index (χ4n) is 3.88. The van der Waals surface area contributed by atoms with Crippen LogP contribution < -0.4 is 0 Å². The van der Waals surface area contributed by atoms with Crippen molar-refractivity contribution >= 4 is 0 Å². The van der Waals surface area contributed by atoms with Crippen LogP contribution in [0.5, 0.6) is 0 Å². The lowest BCUT2D eigenvalue weighted by Gasteiger charge is -2.28. The number of hydrogen-bond donors (Lipinski definition) is 0. The van der Waals surface area contributed by atoms with Crippen LogP contribution in [0.2, 0.25) is 0 Å². The Kier molecular flexibility index (Phi) is 5.27. The van der Waals surface area contributed by atoms with Gasteiger partial charge in [0.2, 0.25) is 0 Å². The third-order valence-corrected chi connectivity index (χ3v) is 5.24. The lowest BCUT2D eigenvalue weighted by molar-refractivity contribution is 0.308. The topological polar surface area (TPSA) is 0 Å². The molecule has 1 fully saturated rings. The van der Waals surface area contributed by atoms with Gasteiger partial charge >= 0.3 is 0 Å². The van der Waals surface area contributed by atoms with Gasteiger partial charge in [-0.1, -0.05) is 38.0 Å². The van der Waals surface area contributed by atoms with E-state index in [1.807, 2.05) is 6.07 Å². The predicted molar refractivity (Wildman–Crippen MR) is 91.4 cm³/mol. The van der Waals surface area contributed by atoms with Gasteiger partial charge in [0.15, 0.2) is 11.6 Å². The second-order valence-corrected chi connectivity index (χ2v) is 6.87. The van der Waals surface area contributed by atoms with E-state index in [2.05, 4.69) is 6.92 Å². The lowest BCUT2D eigenvalue weighted by Crippen LogP contribution is -2.13. The lowest BCUT2D eigenvalue weighted by atomic mass is 9.77. The van der Waals surface area contributed by atoms with Crippen LogP contribution in [0.25, 0.3) is 11.1 Å². The minimum Gasteiger partial charge on any atom is -0.206 e. The first-order chi connectivity index (χ1) is 11.6. The van der Waals surface area contributed by atoms with Gasteiger partial charge in [-0.25, -0.2) is 13.2 Å². The van der Waals surface area contributed by atoms with Crippen LogP contribution >= 0.6 is 0 Å². The van der Waals surface area contributed by atoms with Crippen molar-refractivity contribution < 1.29 is 13.2 Å². The van der Waals surface area contributed by atoms with Gasteiger partial charge in [0.1, 0.15) is 5.82 Å². The van der Waals surface area contributed by atoms with Crippen LogP contribution in [0, 0.1) is 23.4 Å². The van der Waals surface area contributed by atoms with Crippen LogP contribution in [0.1, 0.15) is 56.9 Å². The molecule has 24 heavy (non-hydrogen) atoms. The Bertz CT molecular complexity index is 700. The fourth-order valence-corrected chi connectivity index (χ4v) is 3.88. The monoisotopic (exact) mass is 332 g/mol. The average Bonchev–Trinajstić information content (AvgIpc) is 2.58. The molecule has 0 radical (unpaired) electrons. The summed E-state index contributed by atoms with van der Waals surface area (Å²) in [5.74, 6) is -1.01. The summed E-state index contributed by atoms with van der Waals surface area (Å²) in [5.41, 5.74) is 1.70. The molecule has 2 aromatic carbocycles. The van der Waals surface area contributed by atoms with Gasteiger partial charge in [-0.05, 0) is 66.8 Å². The van der Waals surface area contributed by atoms with E-state index in [1.54, 1.807) is 12.1 Å². The third-order valence-electron chi connectivity index (χ3n) is 5.24. The van der Waals surface area contributed by atoms with Crippen molar-refractivity contribution in [2.75, 3.05) is 0 Å². The molecule has 1 aliphatic carbocycles. The first-order valence-corrected chi connectivity index (χ1v) is 8.83. The number of halogens is 3. The van der Waals surface area contributed by atoms with Crippen molar-refractivity contribution in [2.45, 2.75) is 51.4 Å². The molecular weight excluding hydrogens is 309 g/mol. The summed E-state index contributed by atoms with van der Waals surface area (Å²) < 4.78 is 40.9. The smallest absolute Gasteiger partial charge is 0.159 e. The molecule has 0 atom stereocenters. The van der Waals surface area contributed by atoms with E-state index in [-0.39, 0.29) is 5.82 Å². The molecule has 1 aliphatic rings. The highest BCUT2D eigenvalue weighted by atomic mass is 19.2. The van der Waals surface area contributed by atoms with Crippen LogP contribution in [0.4, 0.5) is 13.2 Å². The molecule has 3 rings (SSSR count). The Morgan fingerprint density at radius 3 is 2.21 bits per heavy atom. The van der Waals surface area contributed by atoms with E-state index < -0.39 is 11.6 Å². The van der Waals surface area contributed by atoms with E-state index >= 15 is 0 Å². The molecule has 0 amide bonds. The van der Waals surface area contributed by atoms with E-state index in [0.29, 0.717) is 17.0 Å². The van der Waals surface area contributed by atoms with Crippen LogP contribution in [-0.4, -0.2) is 0 Å². The summed E-state index contributed by atoms with van der Waals surface area (Å²) >= 11 is 0. The molecule has 3 heteroatoms. The summed E-state index contributed by atoms with van der Waals surface area (Å²) in [6.07, 6.45) is 7.16. The zero-order valence-electron chi connectivity index (χ0n) is 14.0. The molecule has 0 aliphatic heterocycles. The third kappa shape index (κ3) is 3.66. The fraction of sp³-hybridized carbons (Fsp3) is 0.429. The molecule has 0 N–H and O–H groups in total. The van der Waals surface area contributed by atoms with Gasteiger partial charge in [0, 0.05) is 5.56 Å². The van der Waals surface area contributed by atoms with Crippen molar-refractivity contribution in [3.8, 4) is 11.1 Å².